The highest BCUT2D eigenvalue weighted by Gasteiger charge is 2.28. The Bertz CT molecular complexity index is 443. The van der Waals surface area contributed by atoms with Gasteiger partial charge in [-0.05, 0) is 55.5 Å². The van der Waals surface area contributed by atoms with E-state index in [4.69, 9.17) is 10.5 Å². The van der Waals surface area contributed by atoms with Crippen LogP contribution in [0.5, 0.6) is 5.75 Å². The summed E-state index contributed by atoms with van der Waals surface area (Å²) in [7, 11) is 1.72. The molecule has 0 bridgehead atoms. The Morgan fingerprint density at radius 1 is 1.25 bits per heavy atom. The lowest BCUT2D eigenvalue weighted by atomic mass is 9.75. The highest BCUT2D eigenvalue weighted by molar-refractivity contribution is 5.47. The fourth-order valence-electron chi connectivity index (χ4n) is 3.12. The molecule has 20 heavy (non-hydrogen) atoms. The zero-order chi connectivity index (χ0) is 14.8. The Kier molecular flexibility index (Phi) is 4.59. The van der Waals surface area contributed by atoms with Gasteiger partial charge in [0.1, 0.15) is 5.75 Å². The maximum absolute atomic E-state index is 5.89. The first-order valence-corrected chi connectivity index (χ1v) is 7.55. The Labute approximate surface area is 123 Å². The van der Waals surface area contributed by atoms with Gasteiger partial charge >= 0.3 is 0 Å². The molecule has 0 radical (unpaired) electrons. The molecule has 3 nitrogen and oxygen atoms in total. The van der Waals surface area contributed by atoms with Crippen molar-refractivity contribution in [2.75, 3.05) is 25.9 Å². The van der Waals surface area contributed by atoms with E-state index in [9.17, 15) is 0 Å². The third-order valence-electron chi connectivity index (χ3n) is 4.51. The molecule has 0 saturated carbocycles. The number of benzene rings is 1. The quantitative estimate of drug-likeness (QED) is 0.858. The summed E-state index contributed by atoms with van der Waals surface area (Å²) in [6.07, 6.45) is 2.57. The molecule has 1 aromatic carbocycles. The minimum Gasteiger partial charge on any atom is -0.496 e. The van der Waals surface area contributed by atoms with E-state index in [1.54, 1.807) is 7.11 Å². The molecular weight excluding hydrogens is 248 g/mol. The maximum atomic E-state index is 5.89. The molecule has 1 heterocycles. The molecule has 1 fully saturated rings. The van der Waals surface area contributed by atoms with Crippen molar-refractivity contribution >= 4 is 5.69 Å². The van der Waals surface area contributed by atoms with Crippen molar-refractivity contribution < 1.29 is 4.74 Å². The molecule has 0 amide bonds. The van der Waals surface area contributed by atoms with Crippen molar-refractivity contribution in [1.29, 1.82) is 0 Å². The summed E-state index contributed by atoms with van der Waals surface area (Å²) in [4.78, 5) is 2.51. The molecule has 0 aromatic heterocycles. The van der Waals surface area contributed by atoms with Gasteiger partial charge in [0.15, 0.2) is 0 Å². The second kappa shape index (κ2) is 6.04. The van der Waals surface area contributed by atoms with Gasteiger partial charge in [-0.2, -0.15) is 0 Å². The van der Waals surface area contributed by atoms with E-state index in [1.165, 1.54) is 31.5 Å². The fourth-order valence-corrected chi connectivity index (χ4v) is 3.12. The highest BCUT2D eigenvalue weighted by Crippen LogP contribution is 2.35. The second-order valence-electron chi connectivity index (χ2n) is 6.99. The zero-order valence-corrected chi connectivity index (χ0v) is 13.3. The topological polar surface area (TPSA) is 38.5 Å². The van der Waals surface area contributed by atoms with Gasteiger partial charge in [-0.15, -0.1) is 0 Å². The Hall–Kier alpha value is -1.22. The standard InChI is InChI=1S/C17H28N2O/c1-17(2,3)14-7-9-19(10-8-14)12-13-11-15(18)5-6-16(13)20-4/h5-6,11,14H,7-10,12,18H2,1-4H3. The van der Waals surface area contributed by atoms with Crippen molar-refractivity contribution in [2.45, 2.75) is 40.2 Å². The number of rotatable bonds is 3. The molecule has 0 aliphatic carbocycles. The van der Waals surface area contributed by atoms with E-state index in [-0.39, 0.29) is 0 Å². The molecule has 112 valence electrons. The van der Waals surface area contributed by atoms with Crippen LogP contribution in [0.25, 0.3) is 0 Å². The van der Waals surface area contributed by atoms with Crippen LogP contribution in [-0.4, -0.2) is 25.1 Å². The first-order valence-electron chi connectivity index (χ1n) is 7.55. The number of nitrogens with zero attached hydrogens (tertiary/aromatic N) is 1. The minimum absolute atomic E-state index is 0.432. The van der Waals surface area contributed by atoms with Gasteiger partial charge in [-0.3, -0.25) is 4.90 Å². The number of hydrogen-bond donors (Lipinski definition) is 1. The molecule has 2 N–H and O–H groups in total. The van der Waals surface area contributed by atoms with Crippen LogP contribution in [-0.2, 0) is 6.54 Å². The van der Waals surface area contributed by atoms with Crippen molar-refractivity contribution in [1.82, 2.24) is 4.90 Å². The smallest absolute Gasteiger partial charge is 0.123 e. The van der Waals surface area contributed by atoms with E-state index in [0.29, 0.717) is 5.41 Å². The van der Waals surface area contributed by atoms with Gasteiger partial charge in [0.25, 0.3) is 0 Å². The van der Waals surface area contributed by atoms with Crippen LogP contribution < -0.4 is 10.5 Å². The van der Waals surface area contributed by atoms with Crippen LogP contribution in [0.4, 0.5) is 5.69 Å². The predicted molar refractivity (Wildman–Crippen MR) is 84.9 cm³/mol. The largest absolute Gasteiger partial charge is 0.496 e. The lowest BCUT2D eigenvalue weighted by Crippen LogP contribution is -2.37. The molecule has 2 rings (SSSR count). The number of hydrogen-bond acceptors (Lipinski definition) is 3. The molecule has 1 aliphatic rings. The third kappa shape index (κ3) is 3.66. The highest BCUT2D eigenvalue weighted by atomic mass is 16.5. The number of nitrogen functional groups attached to an aromatic ring is 1. The normalized spacial score (nSPS) is 18.2. The van der Waals surface area contributed by atoms with Crippen LogP contribution in [0.15, 0.2) is 18.2 Å². The number of nitrogens with two attached hydrogens (primary N) is 1. The van der Waals surface area contributed by atoms with Gasteiger partial charge in [0, 0.05) is 17.8 Å². The van der Waals surface area contributed by atoms with Gasteiger partial charge in [-0.1, -0.05) is 20.8 Å². The number of likely N-dealkylation sites (tertiary alicyclic amines) is 1. The lowest BCUT2D eigenvalue weighted by molar-refractivity contribution is 0.107. The second-order valence-corrected chi connectivity index (χ2v) is 6.99. The Morgan fingerprint density at radius 2 is 1.90 bits per heavy atom. The van der Waals surface area contributed by atoms with E-state index < -0.39 is 0 Å². The average molecular weight is 276 g/mol. The fraction of sp³-hybridized carbons (Fsp3) is 0.647. The first-order chi connectivity index (χ1) is 9.40. The molecule has 1 aliphatic heterocycles. The molecule has 0 unspecified atom stereocenters. The zero-order valence-electron chi connectivity index (χ0n) is 13.3. The van der Waals surface area contributed by atoms with E-state index in [1.807, 2.05) is 18.2 Å². The summed E-state index contributed by atoms with van der Waals surface area (Å²) in [5.41, 5.74) is 8.33. The van der Waals surface area contributed by atoms with E-state index in [0.717, 1.165) is 23.9 Å². The summed E-state index contributed by atoms with van der Waals surface area (Å²) in [5, 5.41) is 0. The maximum Gasteiger partial charge on any atom is 0.123 e. The number of piperidine rings is 1. The number of methoxy groups -OCH3 is 1. The third-order valence-corrected chi connectivity index (χ3v) is 4.51. The summed E-state index contributed by atoms with van der Waals surface area (Å²) < 4.78 is 5.44. The molecular formula is C17H28N2O. The van der Waals surface area contributed by atoms with Gasteiger partial charge in [0.2, 0.25) is 0 Å². The summed E-state index contributed by atoms with van der Waals surface area (Å²) in [5.74, 6) is 1.78. The van der Waals surface area contributed by atoms with E-state index in [2.05, 4.69) is 25.7 Å². The molecule has 0 atom stereocenters. The number of ether oxygens (including phenoxy) is 1. The van der Waals surface area contributed by atoms with Crippen LogP contribution in [0.2, 0.25) is 0 Å². The predicted octanol–water partition coefficient (Wildman–Crippen LogP) is 3.54. The van der Waals surface area contributed by atoms with Crippen LogP contribution in [0, 0.1) is 11.3 Å². The lowest BCUT2D eigenvalue weighted by Gasteiger charge is -2.38. The SMILES string of the molecule is COc1ccc(N)cc1CN1CCC(C(C)(C)C)CC1. The summed E-state index contributed by atoms with van der Waals surface area (Å²) in [6, 6.07) is 5.90. The van der Waals surface area contributed by atoms with Crippen molar-refractivity contribution in [2.24, 2.45) is 11.3 Å². The average Bonchev–Trinajstić information content (AvgIpc) is 2.38. The Balaban J connectivity index is 1.97. The number of anilines is 1. The summed E-state index contributed by atoms with van der Waals surface area (Å²) >= 11 is 0. The van der Waals surface area contributed by atoms with Crippen molar-refractivity contribution in [3.8, 4) is 5.75 Å². The van der Waals surface area contributed by atoms with Crippen molar-refractivity contribution in [3.63, 3.8) is 0 Å². The van der Waals surface area contributed by atoms with Gasteiger partial charge < -0.3 is 10.5 Å². The van der Waals surface area contributed by atoms with E-state index >= 15 is 0 Å². The van der Waals surface area contributed by atoms with Crippen LogP contribution in [0.3, 0.4) is 0 Å². The van der Waals surface area contributed by atoms with Gasteiger partial charge in [0.05, 0.1) is 7.11 Å². The molecule has 3 heteroatoms. The van der Waals surface area contributed by atoms with Crippen molar-refractivity contribution in [3.05, 3.63) is 23.8 Å². The minimum atomic E-state index is 0.432. The first kappa shape index (κ1) is 15.2. The van der Waals surface area contributed by atoms with Gasteiger partial charge in [-0.25, -0.2) is 0 Å². The summed E-state index contributed by atoms with van der Waals surface area (Å²) in [6.45, 7) is 10.3. The van der Waals surface area contributed by atoms with Crippen LogP contribution in [0.1, 0.15) is 39.2 Å². The molecule has 1 aromatic rings. The Morgan fingerprint density at radius 3 is 2.45 bits per heavy atom. The monoisotopic (exact) mass is 276 g/mol. The molecule has 1 saturated heterocycles. The molecule has 0 spiro atoms. The van der Waals surface area contributed by atoms with Crippen LogP contribution >= 0.6 is 0 Å².